The standard InChI is InChI=1S/C17H13ClN2O3/c1-20-16(22)12-7-6-11(9-13(12)17(20)23)19-15(21)8-10-4-2-3-5-14(10)18/h2-7,9H,8H2,1H3,(H,19,21). The van der Waals surface area contributed by atoms with Gasteiger partial charge in [-0.3, -0.25) is 19.3 Å². The molecule has 23 heavy (non-hydrogen) atoms. The fraction of sp³-hybridized carbons (Fsp3) is 0.118. The smallest absolute Gasteiger partial charge is 0.261 e. The Morgan fingerprint density at radius 3 is 2.52 bits per heavy atom. The van der Waals surface area contributed by atoms with Gasteiger partial charge in [-0.05, 0) is 29.8 Å². The normalized spacial score (nSPS) is 13.2. The quantitative estimate of drug-likeness (QED) is 0.881. The maximum atomic E-state index is 12.1. The third kappa shape index (κ3) is 2.83. The maximum Gasteiger partial charge on any atom is 0.261 e. The Balaban J connectivity index is 1.77. The highest BCUT2D eigenvalue weighted by Crippen LogP contribution is 2.25. The SMILES string of the molecule is CN1C(=O)c2ccc(NC(=O)Cc3ccccc3Cl)cc2C1=O. The van der Waals surface area contributed by atoms with Crippen molar-refractivity contribution in [2.75, 3.05) is 12.4 Å². The van der Waals surface area contributed by atoms with Gasteiger partial charge in [-0.25, -0.2) is 0 Å². The first kappa shape index (κ1) is 15.2. The van der Waals surface area contributed by atoms with Crippen LogP contribution in [-0.2, 0) is 11.2 Å². The molecule has 2 aromatic carbocycles. The lowest BCUT2D eigenvalue weighted by Crippen LogP contribution is -2.24. The molecule has 116 valence electrons. The summed E-state index contributed by atoms with van der Waals surface area (Å²) in [5, 5.41) is 3.24. The number of anilines is 1. The number of carbonyl (C=O) groups excluding carboxylic acids is 3. The third-order valence-electron chi connectivity index (χ3n) is 3.68. The molecule has 0 saturated carbocycles. The van der Waals surface area contributed by atoms with Gasteiger partial charge in [0.25, 0.3) is 11.8 Å². The number of hydrogen-bond acceptors (Lipinski definition) is 3. The highest BCUT2D eigenvalue weighted by atomic mass is 35.5. The number of halogens is 1. The van der Waals surface area contributed by atoms with E-state index >= 15 is 0 Å². The van der Waals surface area contributed by atoms with Crippen LogP contribution in [-0.4, -0.2) is 29.7 Å². The molecule has 0 fully saturated rings. The number of nitrogens with one attached hydrogen (secondary N) is 1. The molecule has 3 amide bonds. The van der Waals surface area contributed by atoms with Gasteiger partial charge in [0.15, 0.2) is 0 Å². The molecule has 6 heteroatoms. The minimum absolute atomic E-state index is 0.129. The van der Waals surface area contributed by atoms with Crippen LogP contribution >= 0.6 is 11.6 Å². The van der Waals surface area contributed by atoms with Crippen molar-refractivity contribution in [2.24, 2.45) is 0 Å². The van der Waals surface area contributed by atoms with Crippen LogP contribution in [0.25, 0.3) is 0 Å². The van der Waals surface area contributed by atoms with E-state index in [1.165, 1.54) is 13.1 Å². The Morgan fingerprint density at radius 2 is 1.78 bits per heavy atom. The first-order chi connectivity index (χ1) is 11.0. The predicted molar refractivity (Wildman–Crippen MR) is 86.7 cm³/mol. The van der Waals surface area contributed by atoms with Crippen LogP contribution in [0.2, 0.25) is 5.02 Å². The van der Waals surface area contributed by atoms with Crippen molar-refractivity contribution in [2.45, 2.75) is 6.42 Å². The van der Waals surface area contributed by atoms with Crippen LogP contribution in [0, 0.1) is 0 Å². The van der Waals surface area contributed by atoms with Crippen LogP contribution in [0.1, 0.15) is 26.3 Å². The number of imide groups is 1. The van der Waals surface area contributed by atoms with Crippen LogP contribution in [0.4, 0.5) is 5.69 Å². The van der Waals surface area contributed by atoms with Crippen LogP contribution in [0.15, 0.2) is 42.5 Å². The summed E-state index contributed by atoms with van der Waals surface area (Å²) in [6.07, 6.45) is 0.129. The molecule has 0 spiro atoms. The number of carbonyl (C=O) groups is 3. The lowest BCUT2D eigenvalue weighted by molar-refractivity contribution is -0.115. The maximum absolute atomic E-state index is 12.1. The van der Waals surface area contributed by atoms with Crippen LogP contribution < -0.4 is 5.32 Å². The molecular weight excluding hydrogens is 316 g/mol. The van der Waals surface area contributed by atoms with Crippen molar-refractivity contribution in [3.05, 3.63) is 64.2 Å². The minimum atomic E-state index is -0.368. The summed E-state index contributed by atoms with van der Waals surface area (Å²) in [6.45, 7) is 0. The highest BCUT2D eigenvalue weighted by Gasteiger charge is 2.32. The van der Waals surface area contributed by atoms with E-state index in [4.69, 9.17) is 11.6 Å². The van der Waals surface area contributed by atoms with Crippen LogP contribution in [0.3, 0.4) is 0 Å². The molecule has 0 aromatic heterocycles. The molecule has 1 heterocycles. The van der Waals surface area contributed by atoms with Crippen LogP contribution in [0.5, 0.6) is 0 Å². The van der Waals surface area contributed by atoms with Gasteiger partial charge >= 0.3 is 0 Å². The Morgan fingerprint density at radius 1 is 1.09 bits per heavy atom. The molecule has 1 aliphatic heterocycles. The van der Waals surface area contributed by atoms with Crippen molar-refractivity contribution < 1.29 is 14.4 Å². The first-order valence-electron chi connectivity index (χ1n) is 6.97. The number of hydrogen-bond donors (Lipinski definition) is 1. The predicted octanol–water partition coefficient (Wildman–Crippen LogP) is 2.75. The molecule has 1 aliphatic rings. The molecule has 0 radical (unpaired) electrons. The summed E-state index contributed by atoms with van der Waals surface area (Å²) < 4.78 is 0. The molecule has 0 unspecified atom stereocenters. The van der Waals surface area contributed by atoms with E-state index in [1.807, 2.05) is 6.07 Å². The van der Waals surface area contributed by atoms with Gasteiger partial charge in [-0.15, -0.1) is 0 Å². The van der Waals surface area contributed by atoms with Gasteiger partial charge in [-0.1, -0.05) is 29.8 Å². The second-order valence-electron chi connectivity index (χ2n) is 5.25. The minimum Gasteiger partial charge on any atom is -0.326 e. The molecule has 0 bridgehead atoms. The zero-order valence-electron chi connectivity index (χ0n) is 12.3. The second-order valence-corrected chi connectivity index (χ2v) is 5.65. The Bertz CT molecular complexity index is 832. The van der Waals surface area contributed by atoms with Crippen molar-refractivity contribution in [1.29, 1.82) is 0 Å². The number of nitrogens with zero attached hydrogens (tertiary/aromatic N) is 1. The summed E-state index contributed by atoms with van der Waals surface area (Å²) in [6, 6.07) is 11.8. The number of rotatable bonds is 3. The van der Waals surface area contributed by atoms with Crippen molar-refractivity contribution in [1.82, 2.24) is 4.90 Å². The summed E-state index contributed by atoms with van der Waals surface area (Å²) in [5.41, 5.74) is 1.84. The molecule has 0 aliphatic carbocycles. The van der Waals surface area contributed by atoms with E-state index in [-0.39, 0.29) is 24.1 Å². The fourth-order valence-electron chi connectivity index (χ4n) is 2.46. The first-order valence-corrected chi connectivity index (χ1v) is 7.35. The van der Waals surface area contributed by atoms with Crippen molar-refractivity contribution in [3.63, 3.8) is 0 Å². The monoisotopic (exact) mass is 328 g/mol. The molecular formula is C17H13ClN2O3. The third-order valence-corrected chi connectivity index (χ3v) is 4.05. The van der Waals surface area contributed by atoms with E-state index in [0.29, 0.717) is 21.8 Å². The van der Waals surface area contributed by atoms with Gasteiger partial charge in [0, 0.05) is 17.8 Å². The van der Waals surface area contributed by atoms with E-state index in [2.05, 4.69) is 5.32 Å². The van der Waals surface area contributed by atoms with E-state index in [9.17, 15) is 14.4 Å². The Kier molecular flexibility index (Phi) is 3.88. The van der Waals surface area contributed by atoms with Gasteiger partial charge in [0.2, 0.25) is 5.91 Å². The largest absolute Gasteiger partial charge is 0.326 e. The summed E-state index contributed by atoms with van der Waals surface area (Å²) in [7, 11) is 1.43. The lowest BCUT2D eigenvalue weighted by atomic mass is 10.1. The fourth-order valence-corrected chi connectivity index (χ4v) is 2.66. The summed E-state index contributed by atoms with van der Waals surface area (Å²) in [5.74, 6) is -0.950. The summed E-state index contributed by atoms with van der Waals surface area (Å²) >= 11 is 6.03. The van der Waals surface area contributed by atoms with Gasteiger partial charge < -0.3 is 5.32 Å². The molecule has 1 N–H and O–H groups in total. The van der Waals surface area contributed by atoms with Gasteiger partial charge in [0.1, 0.15) is 0 Å². The average Bonchev–Trinajstić information content (AvgIpc) is 2.74. The Hall–Kier alpha value is -2.66. The Labute approximate surface area is 137 Å². The van der Waals surface area contributed by atoms with E-state index in [1.54, 1.807) is 30.3 Å². The van der Waals surface area contributed by atoms with Crippen molar-refractivity contribution in [3.8, 4) is 0 Å². The zero-order valence-corrected chi connectivity index (χ0v) is 13.1. The zero-order chi connectivity index (χ0) is 16.6. The molecule has 2 aromatic rings. The lowest BCUT2D eigenvalue weighted by Gasteiger charge is -2.07. The second kappa shape index (κ2) is 5.85. The highest BCUT2D eigenvalue weighted by molar-refractivity contribution is 6.31. The van der Waals surface area contributed by atoms with Gasteiger partial charge in [-0.2, -0.15) is 0 Å². The average molecular weight is 329 g/mol. The topological polar surface area (TPSA) is 66.5 Å². The number of benzene rings is 2. The molecule has 5 nitrogen and oxygen atoms in total. The molecule has 0 atom stereocenters. The van der Waals surface area contributed by atoms with E-state index in [0.717, 1.165) is 10.5 Å². The molecule has 3 rings (SSSR count). The number of fused-ring (bicyclic) bond motifs is 1. The van der Waals surface area contributed by atoms with E-state index < -0.39 is 0 Å². The molecule has 0 saturated heterocycles. The summed E-state index contributed by atoms with van der Waals surface area (Å²) in [4.78, 5) is 36.9. The van der Waals surface area contributed by atoms with Crippen molar-refractivity contribution >= 4 is 35.0 Å². The number of amides is 3. The van der Waals surface area contributed by atoms with Gasteiger partial charge in [0.05, 0.1) is 17.5 Å².